The van der Waals surface area contributed by atoms with Gasteiger partial charge in [0, 0.05) is 24.1 Å². The van der Waals surface area contributed by atoms with E-state index in [0.717, 1.165) is 6.07 Å². The first-order valence-corrected chi connectivity index (χ1v) is 9.74. The number of aliphatic hydroxyl groups excluding tert-OH is 3. The zero-order chi connectivity index (χ0) is 22.4. The Balaban J connectivity index is 1.69. The molecule has 2 aromatic rings. The number of aliphatic hydroxyl groups is 3. The van der Waals surface area contributed by atoms with Gasteiger partial charge in [-0.3, -0.25) is 0 Å². The van der Waals surface area contributed by atoms with Gasteiger partial charge in [0.1, 0.15) is 41.7 Å². The summed E-state index contributed by atoms with van der Waals surface area (Å²) in [5.41, 5.74) is 0.758. The van der Waals surface area contributed by atoms with E-state index >= 15 is 0 Å². The molecule has 4 rings (SSSR count). The fourth-order valence-electron chi connectivity index (χ4n) is 3.87. The van der Waals surface area contributed by atoms with Crippen molar-refractivity contribution in [2.45, 2.75) is 56.3 Å². The number of hydrogen-bond donors (Lipinski definition) is 7. The normalized spacial score (nSPS) is 32.8. The molecule has 31 heavy (non-hydrogen) atoms. The molecule has 7 atom stereocenters. The number of fused-ring (bicyclic) bond motifs is 1. The summed E-state index contributed by atoms with van der Waals surface area (Å²) in [5, 5.41) is 69.9. The molecule has 10 heteroatoms. The standard InChI is InChI=1S/C21H24O10/c1-8-17(26)18(27)19(28)21(29-8)31-16-7-11-13(24)5-10(22)6-15(11)30-20(16)9-2-3-12(23)14(25)4-9/h2-6,8,16-28H,7H2,1H3/t8-,16+,17-,18+,19+,20?,21-/m0/s1. The van der Waals surface area contributed by atoms with E-state index in [1.807, 2.05) is 0 Å². The van der Waals surface area contributed by atoms with E-state index in [1.165, 1.54) is 31.2 Å². The van der Waals surface area contributed by atoms with Crippen molar-refractivity contribution >= 4 is 0 Å². The van der Waals surface area contributed by atoms with Crippen molar-refractivity contribution in [3.8, 4) is 28.7 Å². The van der Waals surface area contributed by atoms with Crippen LogP contribution in [-0.4, -0.2) is 72.6 Å². The second kappa shape index (κ2) is 8.06. The van der Waals surface area contributed by atoms with Crippen molar-refractivity contribution in [2.75, 3.05) is 0 Å². The first-order valence-electron chi connectivity index (χ1n) is 9.74. The topological polar surface area (TPSA) is 169 Å². The predicted molar refractivity (Wildman–Crippen MR) is 104 cm³/mol. The van der Waals surface area contributed by atoms with Gasteiger partial charge in [-0.2, -0.15) is 0 Å². The molecule has 0 saturated carbocycles. The summed E-state index contributed by atoms with van der Waals surface area (Å²) >= 11 is 0. The van der Waals surface area contributed by atoms with Crippen LogP contribution >= 0.6 is 0 Å². The van der Waals surface area contributed by atoms with Crippen molar-refractivity contribution in [3.63, 3.8) is 0 Å². The molecular weight excluding hydrogens is 412 g/mol. The number of phenolic OH excluding ortho intramolecular Hbond substituents is 4. The molecule has 10 nitrogen and oxygen atoms in total. The predicted octanol–water partition coefficient (Wildman–Crippen LogP) is 0.398. The van der Waals surface area contributed by atoms with E-state index in [4.69, 9.17) is 14.2 Å². The number of benzene rings is 2. The van der Waals surface area contributed by atoms with Gasteiger partial charge in [-0.25, -0.2) is 0 Å². The molecule has 1 saturated heterocycles. The molecule has 2 aliphatic heterocycles. The Kier molecular flexibility index (Phi) is 5.58. The fraction of sp³-hybridized carbons (Fsp3) is 0.429. The summed E-state index contributed by atoms with van der Waals surface area (Å²) in [6.45, 7) is 1.52. The molecule has 168 valence electrons. The lowest BCUT2D eigenvalue weighted by atomic mass is 9.93. The summed E-state index contributed by atoms with van der Waals surface area (Å²) in [4.78, 5) is 0. The summed E-state index contributed by atoms with van der Waals surface area (Å²) in [7, 11) is 0. The van der Waals surface area contributed by atoms with Gasteiger partial charge in [0.2, 0.25) is 0 Å². The number of phenols is 4. The summed E-state index contributed by atoms with van der Waals surface area (Å²) in [6, 6.07) is 6.54. The van der Waals surface area contributed by atoms with E-state index in [2.05, 4.69) is 0 Å². The average Bonchev–Trinajstić information content (AvgIpc) is 2.72. The molecular formula is C21H24O10. The van der Waals surface area contributed by atoms with E-state index in [9.17, 15) is 35.7 Å². The molecule has 1 unspecified atom stereocenters. The van der Waals surface area contributed by atoms with Crippen LogP contribution in [0.5, 0.6) is 28.7 Å². The van der Waals surface area contributed by atoms with Crippen LogP contribution in [-0.2, 0) is 15.9 Å². The van der Waals surface area contributed by atoms with Crippen molar-refractivity contribution in [3.05, 3.63) is 41.5 Å². The van der Waals surface area contributed by atoms with Gasteiger partial charge in [0.05, 0.1) is 6.10 Å². The molecule has 2 aromatic carbocycles. The van der Waals surface area contributed by atoms with Crippen molar-refractivity contribution < 1.29 is 50.0 Å². The van der Waals surface area contributed by atoms with Crippen LogP contribution in [0.2, 0.25) is 0 Å². The molecule has 7 N–H and O–H groups in total. The maximum absolute atomic E-state index is 10.3. The minimum absolute atomic E-state index is 0.0767. The largest absolute Gasteiger partial charge is 0.508 e. The van der Waals surface area contributed by atoms with Gasteiger partial charge >= 0.3 is 0 Å². The summed E-state index contributed by atoms with van der Waals surface area (Å²) < 4.78 is 17.4. The fourth-order valence-corrected chi connectivity index (χ4v) is 3.87. The van der Waals surface area contributed by atoms with E-state index in [0.29, 0.717) is 11.1 Å². The minimum atomic E-state index is -1.55. The van der Waals surface area contributed by atoms with Crippen LogP contribution in [0.15, 0.2) is 30.3 Å². The Bertz CT molecular complexity index is 963. The third-order valence-corrected chi connectivity index (χ3v) is 5.61. The molecule has 0 bridgehead atoms. The van der Waals surface area contributed by atoms with E-state index in [1.54, 1.807) is 0 Å². The van der Waals surface area contributed by atoms with Crippen LogP contribution < -0.4 is 4.74 Å². The monoisotopic (exact) mass is 436 g/mol. The molecule has 0 aromatic heterocycles. The van der Waals surface area contributed by atoms with Gasteiger partial charge < -0.3 is 50.0 Å². The Morgan fingerprint density at radius 2 is 1.61 bits per heavy atom. The maximum Gasteiger partial charge on any atom is 0.187 e. The third-order valence-electron chi connectivity index (χ3n) is 5.61. The lowest BCUT2D eigenvalue weighted by molar-refractivity contribution is -0.310. The number of hydrogen-bond acceptors (Lipinski definition) is 10. The van der Waals surface area contributed by atoms with Crippen molar-refractivity contribution in [1.29, 1.82) is 0 Å². The maximum atomic E-state index is 10.3. The van der Waals surface area contributed by atoms with Gasteiger partial charge in [-0.15, -0.1) is 0 Å². The van der Waals surface area contributed by atoms with Gasteiger partial charge in [0.15, 0.2) is 23.9 Å². The highest BCUT2D eigenvalue weighted by molar-refractivity contribution is 5.52. The van der Waals surface area contributed by atoms with Gasteiger partial charge in [0.25, 0.3) is 0 Å². The Morgan fingerprint density at radius 3 is 2.32 bits per heavy atom. The molecule has 0 radical (unpaired) electrons. The first-order chi connectivity index (χ1) is 14.7. The Morgan fingerprint density at radius 1 is 0.871 bits per heavy atom. The van der Waals surface area contributed by atoms with Crippen LogP contribution in [0.3, 0.4) is 0 Å². The molecule has 2 aliphatic rings. The number of ether oxygens (including phenoxy) is 3. The number of aromatic hydroxyl groups is 4. The van der Waals surface area contributed by atoms with Crippen LogP contribution in [0.25, 0.3) is 0 Å². The van der Waals surface area contributed by atoms with Gasteiger partial charge in [-0.05, 0) is 24.6 Å². The summed E-state index contributed by atoms with van der Waals surface area (Å²) in [6.07, 6.45) is -8.15. The SMILES string of the molecule is C[C@@H]1O[C@@H](O[C@@H]2Cc3c(O)cc(O)cc3OC2c2ccc(O)c(O)c2)[C@H](O)[C@H](O)[C@H]1O. The molecule has 0 aliphatic carbocycles. The average molecular weight is 436 g/mol. The summed E-state index contributed by atoms with van der Waals surface area (Å²) in [5.74, 6) is -0.941. The zero-order valence-electron chi connectivity index (χ0n) is 16.5. The second-order valence-corrected chi connectivity index (χ2v) is 7.79. The molecule has 1 fully saturated rings. The second-order valence-electron chi connectivity index (χ2n) is 7.79. The quantitative estimate of drug-likeness (QED) is 0.334. The highest BCUT2D eigenvalue weighted by Crippen LogP contribution is 2.44. The highest BCUT2D eigenvalue weighted by Gasteiger charge is 2.45. The smallest absolute Gasteiger partial charge is 0.187 e. The third kappa shape index (κ3) is 3.95. The minimum Gasteiger partial charge on any atom is -0.508 e. The number of rotatable bonds is 3. The van der Waals surface area contributed by atoms with E-state index < -0.39 is 42.9 Å². The van der Waals surface area contributed by atoms with Crippen molar-refractivity contribution in [1.82, 2.24) is 0 Å². The van der Waals surface area contributed by atoms with Gasteiger partial charge in [-0.1, -0.05) is 6.07 Å². The lowest BCUT2D eigenvalue weighted by Crippen LogP contribution is -2.58. The lowest BCUT2D eigenvalue weighted by Gasteiger charge is -2.42. The highest BCUT2D eigenvalue weighted by atomic mass is 16.7. The Labute approximate surface area is 177 Å². The van der Waals surface area contributed by atoms with E-state index in [-0.39, 0.29) is 35.2 Å². The van der Waals surface area contributed by atoms with Crippen molar-refractivity contribution in [2.24, 2.45) is 0 Å². The Hall–Kier alpha value is -2.76. The first kappa shape index (κ1) is 21.5. The zero-order valence-corrected chi connectivity index (χ0v) is 16.5. The molecule has 0 spiro atoms. The van der Waals surface area contributed by atoms with Crippen LogP contribution in [0, 0.1) is 0 Å². The van der Waals surface area contributed by atoms with Crippen LogP contribution in [0.1, 0.15) is 24.2 Å². The molecule has 0 amide bonds. The van der Waals surface area contributed by atoms with Crippen LogP contribution in [0.4, 0.5) is 0 Å². The molecule has 2 heterocycles.